The van der Waals surface area contributed by atoms with E-state index in [9.17, 15) is 4.39 Å². The largest absolute Gasteiger partial charge is 0.310 e. The molecule has 0 radical (unpaired) electrons. The molecular formula is C13H20FN. The zero-order valence-electron chi connectivity index (χ0n) is 9.59. The van der Waals surface area contributed by atoms with Crippen LogP contribution in [0.1, 0.15) is 44.7 Å². The maximum atomic E-state index is 13.1. The zero-order chi connectivity index (χ0) is 11.1. The molecule has 0 saturated carbocycles. The highest BCUT2D eigenvalue weighted by atomic mass is 19.1. The van der Waals surface area contributed by atoms with Crippen molar-refractivity contribution in [2.24, 2.45) is 0 Å². The predicted molar refractivity (Wildman–Crippen MR) is 62.3 cm³/mol. The molecule has 0 aromatic heterocycles. The number of benzene rings is 1. The standard InChI is InChI=1S/C13H20FN/c1-3-5-9-13(15-4-2)11-7-6-8-12(14)10-11/h6-8,10,13,15H,3-5,9H2,1-2H3. The van der Waals surface area contributed by atoms with Gasteiger partial charge >= 0.3 is 0 Å². The minimum absolute atomic E-state index is 0.146. The van der Waals surface area contributed by atoms with Gasteiger partial charge in [0, 0.05) is 6.04 Å². The minimum Gasteiger partial charge on any atom is -0.310 e. The van der Waals surface area contributed by atoms with Crippen LogP contribution in [0, 0.1) is 5.82 Å². The molecule has 1 rings (SSSR count). The highest BCUT2D eigenvalue weighted by Crippen LogP contribution is 2.19. The van der Waals surface area contributed by atoms with Crippen LogP contribution < -0.4 is 5.32 Å². The van der Waals surface area contributed by atoms with Gasteiger partial charge in [0.25, 0.3) is 0 Å². The number of nitrogens with one attached hydrogen (secondary N) is 1. The molecule has 1 aromatic carbocycles. The van der Waals surface area contributed by atoms with E-state index in [1.54, 1.807) is 12.1 Å². The molecule has 0 fully saturated rings. The van der Waals surface area contributed by atoms with Gasteiger partial charge in [0.2, 0.25) is 0 Å². The van der Waals surface area contributed by atoms with E-state index in [4.69, 9.17) is 0 Å². The van der Waals surface area contributed by atoms with Crippen molar-refractivity contribution in [3.05, 3.63) is 35.6 Å². The summed E-state index contributed by atoms with van der Waals surface area (Å²) in [5.41, 5.74) is 1.06. The second kappa shape index (κ2) is 6.57. The fourth-order valence-corrected chi connectivity index (χ4v) is 1.76. The van der Waals surface area contributed by atoms with E-state index < -0.39 is 0 Å². The Kier molecular flexibility index (Phi) is 5.33. The summed E-state index contributed by atoms with van der Waals surface area (Å²) in [5, 5.41) is 3.39. The van der Waals surface area contributed by atoms with Gasteiger partial charge in [-0.25, -0.2) is 4.39 Å². The van der Waals surface area contributed by atoms with Gasteiger partial charge in [-0.1, -0.05) is 38.8 Å². The van der Waals surface area contributed by atoms with Gasteiger partial charge in [0.05, 0.1) is 0 Å². The van der Waals surface area contributed by atoms with Crippen LogP contribution in [0.3, 0.4) is 0 Å². The minimum atomic E-state index is -0.146. The molecule has 0 aliphatic heterocycles. The van der Waals surface area contributed by atoms with E-state index in [0.29, 0.717) is 6.04 Å². The van der Waals surface area contributed by atoms with Crippen LogP contribution in [0.4, 0.5) is 4.39 Å². The maximum Gasteiger partial charge on any atom is 0.123 e. The summed E-state index contributed by atoms with van der Waals surface area (Å²) in [6, 6.07) is 7.19. The molecule has 0 amide bonds. The average Bonchev–Trinajstić information content (AvgIpc) is 2.24. The Morgan fingerprint density at radius 1 is 1.33 bits per heavy atom. The highest BCUT2D eigenvalue weighted by molar-refractivity contribution is 5.20. The molecule has 15 heavy (non-hydrogen) atoms. The normalized spacial score (nSPS) is 12.7. The van der Waals surface area contributed by atoms with Crippen LogP contribution in [0.2, 0.25) is 0 Å². The third-order valence-corrected chi connectivity index (χ3v) is 2.55. The van der Waals surface area contributed by atoms with Gasteiger partial charge in [-0.3, -0.25) is 0 Å². The first kappa shape index (κ1) is 12.2. The lowest BCUT2D eigenvalue weighted by Crippen LogP contribution is -2.20. The van der Waals surface area contributed by atoms with Crippen LogP contribution in [0.15, 0.2) is 24.3 Å². The first-order chi connectivity index (χ1) is 7.27. The molecular weight excluding hydrogens is 189 g/mol. The highest BCUT2D eigenvalue weighted by Gasteiger charge is 2.09. The van der Waals surface area contributed by atoms with Crippen LogP contribution in [0.25, 0.3) is 0 Å². The fraction of sp³-hybridized carbons (Fsp3) is 0.538. The fourth-order valence-electron chi connectivity index (χ4n) is 1.76. The third-order valence-electron chi connectivity index (χ3n) is 2.55. The molecule has 0 aliphatic carbocycles. The lowest BCUT2D eigenvalue weighted by molar-refractivity contribution is 0.491. The molecule has 1 unspecified atom stereocenters. The molecule has 1 atom stereocenters. The van der Waals surface area contributed by atoms with Crippen LogP contribution in [-0.4, -0.2) is 6.54 Å². The molecule has 1 N–H and O–H groups in total. The van der Waals surface area contributed by atoms with Crippen molar-refractivity contribution in [3.63, 3.8) is 0 Å². The van der Waals surface area contributed by atoms with Crippen molar-refractivity contribution in [3.8, 4) is 0 Å². The summed E-state index contributed by atoms with van der Waals surface area (Å²) in [4.78, 5) is 0. The Hall–Kier alpha value is -0.890. The van der Waals surface area contributed by atoms with Gasteiger partial charge in [0.1, 0.15) is 5.82 Å². The van der Waals surface area contributed by atoms with E-state index in [1.807, 2.05) is 6.07 Å². The Morgan fingerprint density at radius 2 is 2.13 bits per heavy atom. The van der Waals surface area contributed by atoms with Crippen molar-refractivity contribution < 1.29 is 4.39 Å². The zero-order valence-corrected chi connectivity index (χ0v) is 9.59. The Bertz CT molecular complexity index is 286. The number of unbranched alkanes of at least 4 members (excludes halogenated alkanes) is 1. The van der Waals surface area contributed by atoms with E-state index in [-0.39, 0.29) is 5.82 Å². The summed E-state index contributed by atoms with van der Waals surface area (Å²) in [6.07, 6.45) is 3.43. The molecule has 1 nitrogen and oxygen atoms in total. The Morgan fingerprint density at radius 3 is 2.73 bits per heavy atom. The van der Waals surface area contributed by atoms with Crippen LogP contribution in [-0.2, 0) is 0 Å². The summed E-state index contributed by atoms with van der Waals surface area (Å²) >= 11 is 0. The first-order valence-corrected chi connectivity index (χ1v) is 5.76. The van der Waals surface area contributed by atoms with Gasteiger partial charge in [0.15, 0.2) is 0 Å². The van der Waals surface area contributed by atoms with Gasteiger partial charge in [-0.2, -0.15) is 0 Å². The molecule has 0 spiro atoms. The van der Waals surface area contributed by atoms with E-state index >= 15 is 0 Å². The summed E-state index contributed by atoms with van der Waals surface area (Å²) < 4.78 is 13.1. The SMILES string of the molecule is CCCCC(NCC)c1cccc(F)c1. The summed E-state index contributed by atoms with van der Waals surface area (Å²) in [6.45, 7) is 5.18. The Balaban J connectivity index is 2.69. The second-order valence-corrected chi connectivity index (χ2v) is 3.81. The van der Waals surface area contributed by atoms with Gasteiger partial charge in [-0.15, -0.1) is 0 Å². The van der Waals surface area contributed by atoms with E-state index in [0.717, 1.165) is 18.5 Å². The molecule has 0 heterocycles. The lowest BCUT2D eigenvalue weighted by atomic mass is 10.0. The number of halogens is 1. The van der Waals surface area contributed by atoms with Crippen molar-refractivity contribution in [1.29, 1.82) is 0 Å². The first-order valence-electron chi connectivity index (χ1n) is 5.76. The second-order valence-electron chi connectivity index (χ2n) is 3.81. The number of hydrogen-bond donors (Lipinski definition) is 1. The van der Waals surface area contributed by atoms with Crippen molar-refractivity contribution in [2.45, 2.75) is 39.2 Å². The topological polar surface area (TPSA) is 12.0 Å². The molecule has 0 saturated heterocycles. The monoisotopic (exact) mass is 209 g/mol. The average molecular weight is 209 g/mol. The van der Waals surface area contributed by atoms with Crippen LogP contribution in [0.5, 0.6) is 0 Å². The third kappa shape index (κ3) is 4.00. The van der Waals surface area contributed by atoms with E-state index in [1.165, 1.54) is 18.9 Å². The number of rotatable bonds is 6. The lowest BCUT2D eigenvalue weighted by Gasteiger charge is -2.18. The quantitative estimate of drug-likeness (QED) is 0.753. The molecule has 2 heteroatoms. The van der Waals surface area contributed by atoms with Crippen molar-refractivity contribution in [2.75, 3.05) is 6.54 Å². The molecule has 0 aliphatic rings. The molecule has 1 aromatic rings. The van der Waals surface area contributed by atoms with Gasteiger partial charge in [-0.05, 0) is 30.7 Å². The van der Waals surface area contributed by atoms with Crippen molar-refractivity contribution >= 4 is 0 Å². The molecule has 0 bridgehead atoms. The van der Waals surface area contributed by atoms with Crippen LogP contribution >= 0.6 is 0 Å². The van der Waals surface area contributed by atoms with Crippen molar-refractivity contribution in [1.82, 2.24) is 5.32 Å². The summed E-state index contributed by atoms with van der Waals surface area (Å²) in [7, 11) is 0. The Labute approximate surface area is 91.7 Å². The smallest absolute Gasteiger partial charge is 0.123 e. The summed E-state index contributed by atoms with van der Waals surface area (Å²) in [5.74, 6) is -0.146. The number of hydrogen-bond acceptors (Lipinski definition) is 1. The van der Waals surface area contributed by atoms with E-state index in [2.05, 4.69) is 19.2 Å². The maximum absolute atomic E-state index is 13.1. The molecule has 84 valence electrons. The van der Waals surface area contributed by atoms with Gasteiger partial charge < -0.3 is 5.32 Å². The predicted octanol–water partition coefficient (Wildman–Crippen LogP) is 3.67.